The molecule has 0 spiro atoms. The van der Waals surface area contributed by atoms with Crippen molar-refractivity contribution in [3.05, 3.63) is 12.7 Å². The van der Waals surface area contributed by atoms with Gasteiger partial charge in [-0.15, -0.1) is 0 Å². The maximum atomic E-state index is 10.4. The first-order valence-corrected chi connectivity index (χ1v) is 2.82. The van der Waals surface area contributed by atoms with Crippen LogP contribution in [0.15, 0.2) is 12.7 Å². The predicted octanol–water partition coefficient (Wildman–Crippen LogP) is -0.329. The molecule has 1 amide bonds. The van der Waals surface area contributed by atoms with Gasteiger partial charge in [0.15, 0.2) is 0 Å². The van der Waals surface area contributed by atoms with Gasteiger partial charge < -0.3 is 10.4 Å². The van der Waals surface area contributed by atoms with Gasteiger partial charge >= 0.3 is 0 Å². The minimum Gasteiger partial charge on any atom is -0.396 e. The van der Waals surface area contributed by atoms with Crippen molar-refractivity contribution in [1.29, 1.82) is 0 Å². The molecule has 0 aliphatic heterocycles. The van der Waals surface area contributed by atoms with Gasteiger partial charge in [0.1, 0.15) is 0 Å². The molecule has 0 aliphatic carbocycles. The Bertz CT molecular complexity index is 101. The number of aliphatic hydroxyl groups is 1. The molecule has 0 saturated heterocycles. The van der Waals surface area contributed by atoms with Gasteiger partial charge in [-0.2, -0.15) is 0 Å². The Hall–Kier alpha value is -0.830. The largest absolute Gasteiger partial charge is 0.396 e. The summed E-state index contributed by atoms with van der Waals surface area (Å²) in [4.78, 5) is 10.4. The number of rotatable bonds is 4. The van der Waals surface area contributed by atoms with Crippen LogP contribution in [-0.4, -0.2) is 24.2 Å². The highest BCUT2D eigenvalue weighted by atomic mass is 16.3. The Morgan fingerprint density at radius 1 is 1.78 bits per heavy atom. The molecule has 0 bridgehead atoms. The van der Waals surface area contributed by atoms with Crippen LogP contribution in [0.4, 0.5) is 0 Å². The van der Waals surface area contributed by atoms with Gasteiger partial charge in [0.25, 0.3) is 0 Å². The molecule has 2 N–H and O–H groups in total. The third kappa shape index (κ3) is 5.03. The van der Waals surface area contributed by atoms with Crippen LogP contribution in [0.1, 0.15) is 6.42 Å². The van der Waals surface area contributed by atoms with Crippen molar-refractivity contribution in [1.82, 2.24) is 5.32 Å². The minimum absolute atomic E-state index is 0.109. The van der Waals surface area contributed by atoms with Crippen molar-refractivity contribution in [3.8, 4) is 0 Å². The Labute approximate surface area is 54.4 Å². The van der Waals surface area contributed by atoms with Gasteiger partial charge in [0, 0.05) is 13.2 Å². The van der Waals surface area contributed by atoms with Gasteiger partial charge in [-0.1, -0.05) is 6.58 Å². The number of aliphatic hydroxyl groups excluding tert-OH is 1. The van der Waals surface area contributed by atoms with Crippen molar-refractivity contribution >= 4 is 5.91 Å². The summed E-state index contributed by atoms with van der Waals surface area (Å²) in [6.45, 7) is 3.89. The molecule has 0 saturated carbocycles. The number of carbonyl (C=O) groups excluding carboxylic acids is 1. The fraction of sp³-hybridized carbons (Fsp3) is 0.500. The molecule has 0 radical (unpaired) electrons. The van der Waals surface area contributed by atoms with Crippen LogP contribution in [0.5, 0.6) is 0 Å². The first-order valence-electron chi connectivity index (χ1n) is 2.82. The van der Waals surface area contributed by atoms with E-state index in [1.54, 1.807) is 0 Å². The molecule has 0 aromatic carbocycles. The zero-order valence-electron chi connectivity index (χ0n) is 5.26. The highest BCUT2D eigenvalue weighted by Crippen LogP contribution is 1.72. The Morgan fingerprint density at radius 3 is 2.89 bits per heavy atom. The predicted molar refractivity (Wildman–Crippen MR) is 34.9 cm³/mol. The number of nitrogens with one attached hydrogen (secondary N) is 1. The second kappa shape index (κ2) is 5.31. The first-order chi connectivity index (χ1) is 4.31. The summed E-state index contributed by atoms with van der Waals surface area (Å²) in [5.41, 5.74) is 0. The fourth-order valence-electron chi connectivity index (χ4n) is 0.363. The molecular weight excluding hydrogens is 118 g/mol. The van der Waals surface area contributed by atoms with E-state index in [1.807, 2.05) is 0 Å². The summed E-state index contributed by atoms with van der Waals surface area (Å²) in [6, 6.07) is 0. The maximum Gasteiger partial charge on any atom is 0.243 e. The van der Waals surface area contributed by atoms with Crippen molar-refractivity contribution in [2.24, 2.45) is 0 Å². The number of hydrogen-bond acceptors (Lipinski definition) is 2. The zero-order valence-corrected chi connectivity index (χ0v) is 5.26. The molecule has 0 fully saturated rings. The third-order valence-electron chi connectivity index (χ3n) is 0.820. The van der Waals surface area contributed by atoms with E-state index < -0.39 is 0 Å². The second-order valence-electron chi connectivity index (χ2n) is 1.57. The first kappa shape index (κ1) is 8.17. The summed E-state index contributed by atoms with van der Waals surface area (Å²) in [6.07, 6.45) is 1.80. The van der Waals surface area contributed by atoms with E-state index in [0.29, 0.717) is 13.0 Å². The van der Waals surface area contributed by atoms with Crippen molar-refractivity contribution in [3.63, 3.8) is 0 Å². The van der Waals surface area contributed by atoms with Gasteiger partial charge in [-0.3, -0.25) is 4.79 Å². The van der Waals surface area contributed by atoms with E-state index in [9.17, 15) is 4.79 Å². The molecule has 0 rings (SSSR count). The Kier molecular flexibility index (Phi) is 4.82. The fourth-order valence-corrected chi connectivity index (χ4v) is 0.363. The van der Waals surface area contributed by atoms with Gasteiger partial charge in [-0.25, -0.2) is 0 Å². The summed E-state index contributed by atoms with van der Waals surface area (Å²) >= 11 is 0. The Morgan fingerprint density at radius 2 is 2.44 bits per heavy atom. The quantitative estimate of drug-likeness (QED) is 0.403. The summed E-state index contributed by atoms with van der Waals surface area (Å²) in [5, 5.41) is 10.8. The van der Waals surface area contributed by atoms with Crippen LogP contribution in [0.3, 0.4) is 0 Å². The van der Waals surface area contributed by atoms with E-state index in [-0.39, 0.29) is 12.5 Å². The van der Waals surface area contributed by atoms with Crippen LogP contribution in [0.25, 0.3) is 0 Å². The summed E-state index contributed by atoms with van der Waals surface area (Å²) < 4.78 is 0. The standard InChI is InChI=1S/C6H11NO2/c1-2-6(9)7-4-3-5-8/h2,8H,1,3-5H2,(H,7,9). The maximum absolute atomic E-state index is 10.4. The monoisotopic (exact) mass is 129 g/mol. The lowest BCUT2D eigenvalue weighted by Gasteiger charge is -1.96. The highest BCUT2D eigenvalue weighted by molar-refractivity contribution is 5.86. The summed E-state index contributed by atoms with van der Waals surface area (Å²) in [5.74, 6) is -0.191. The average molecular weight is 129 g/mol. The van der Waals surface area contributed by atoms with Crippen molar-refractivity contribution < 1.29 is 9.90 Å². The smallest absolute Gasteiger partial charge is 0.243 e. The number of carbonyl (C=O) groups is 1. The Balaban J connectivity index is 3.07. The molecule has 0 aromatic rings. The van der Waals surface area contributed by atoms with Gasteiger partial charge in [0.05, 0.1) is 0 Å². The summed E-state index contributed by atoms with van der Waals surface area (Å²) in [7, 11) is 0. The van der Waals surface area contributed by atoms with Crippen LogP contribution in [0, 0.1) is 0 Å². The molecule has 0 aliphatic rings. The highest BCUT2D eigenvalue weighted by Gasteiger charge is 1.89. The molecule has 52 valence electrons. The molecule has 3 nitrogen and oxygen atoms in total. The van der Waals surface area contributed by atoms with Gasteiger partial charge in [-0.05, 0) is 12.5 Å². The van der Waals surface area contributed by atoms with E-state index >= 15 is 0 Å². The zero-order chi connectivity index (χ0) is 7.11. The molecule has 0 atom stereocenters. The van der Waals surface area contributed by atoms with Crippen LogP contribution < -0.4 is 5.32 Å². The number of hydrogen-bond donors (Lipinski definition) is 2. The lowest BCUT2D eigenvalue weighted by Crippen LogP contribution is -2.22. The third-order valence-corrected chi connectivity index (χ3v) is 0.820. The lowest BCUT2D eigenvalue weighted by molar-refractivity contribution is -0.116. The van der Waals surface area contributed by atoms with Crippen LogP contribution in [0.2, 0.25) is 0 Å². The van der Waals surface area contributed by atoms with E-state index in [0.717, 1.165) is 0 Å². The molecule has 0 unspecified atom stereocenters. The topological polar surface area (TPSA) is 49.3 Å². The molecule has 9 heavy (non-hydrogen) atoms. The molecule has 3 heteroatoms. The van der Waals surface area contributed by atoms with Gasteiger partial charge in [0.2, 0.25) is 5.91 Å². The van der Waals surface area contributed by atoms with E-state index in [4.69, 9.17) is 5.11 Å². The SMILES string of the molecule is C=CC(=O)NCCCO. The van der Waals surface area contributed by atoms with E-state index in [1.165, 1.54) is 6.08 Å². The van der Waals surface area contributed by atoms with Crippen molar-refractivity contribution in [2.45, 2.75) is 6.42 Å². The van der Waals surface area contributed by atoms with Crippen molar-refractivity contribution in [2.75, 3.05) is 13.2 Å². The average Bonchev–Trinajstić information content (AvgIpc) is 1.89. The second-order valence-corrected chi connectivity index (χ2v) is 1.57. The molecule has 0 aromatic heterocycles. The molecule has 0 heterocycles. The number of amides is 1. The normalized spacial score (nSPS) is 8.56. The lowest BCUT2D eigenvalue weighted by atomic mass is 10.4. The van der Waals surface area contributed by atoms with E-state index in [2.05, 4.69) is 11.9 Å². The molecular formula is C6H11NO2. The van der Waals surface area contributed by atoms with Crippen LogP contribution in [-0.2, 0) is 4.79 Å². The van der Waals surface area contributed by atoms with Crippen LogP contribution >= 0.6 is 0 Å². The minimum atomic E-state index is -0.191.